The zero-order valence-electron chi connectivity index (χ0n) is 12.3. The Morgan fingerprint density at radius 1 is 1.05 bits per heavy atom. The Bertz CT molecular complexity index is 614. The Labute approximate surface area is 125 Å². The number of anilines is 1. The summed E-state index contributed by atoms with van der Waals surface area (Å²) in [6.07, 6.45) is 6.37. The van der Waals surface area contributed by atoms with Crippen LogP contribution in [0.2, 0.25) is 0 Å². The van der Waals surface area contributed by atoms with E-state index in [2.05, 4.69) is 11.2 Å². The smallest absolute Gasteiger partial charge is 0.141 e. The van der Waals surface area contributed by atoms with Crippen LogP contribution in [0.3, 0.4) is 0 Å². The Hall–Kier alpha value is -2.60. The summed E-state index contributed by atoms with van der Waals surface area (Å²) in [4.78, 5) is 0. The molecule has 2 aromatic rings. The highest BCUT2D eigenvalue weighted by molar-refractivity contribution is 5.57. The van der Waals surface area contributed by atoms with Gasteiger partial charge in [-0.1, -0.05) is 30.2 Å². The van der Waals surface area contributed by atoms with Crippen molar-refractivity contribution in [1.29, 1.82) is 0 Å². The monoisotopic (exact) mass is 281 g/mol. The Kier molecular flexibility index (Phi) is 5.11. The van der Waals surface area contributed by atoms with Crippen LogP contribution in [0.1, 0.15) is 5.56 Å². The van der Waals surface area contributed by atoms with E-state index >= 15 is 0 Å². The molecule has 21 heavy (non-hydrogen) atoms. The molecule has 108 valence electrons. The van der Waals surface area contributed by atoms with Crippen LogP contribution in [-0.2, 0) is 6.42 Å². The number of terminal acetylenes is 1. The second-order valence-corrected chi connectivity index (χ2v) is 4.62. The molecule has 0 saturated heterocycles. The first-order valence-electron chi connectivity index (χ1n) is 6.75. The van der Waals surface area contributed by atoms with Crippen LogP contribution in [0.15, 0.2) is 48.5 Å². The highest BCUT2D eigenvalue weighted by Gasteiger charge is 2.09. The van der Waals surface area contributed by atoms with Crippen molar-refractivity contribution < 1.29 is 9.47 Å². The molecule has 0 radical (unpaired) electrons. The second-order valence-electron chi connectivity index (χ2n) is 4.62. The van der Waals surface area contributed by atoms with Crippen molar-refractivity contribution in [2.45, 2.75) is 12.5 Å². The molecule has 3 nitrogen and oxygen atoms in total. The van der Waals surface area contributed by atoms with E-state index < -0.39 is 0 Å². The van der Waals surface area contributed by atoms with Gasteiger partial charge in [0.1, 0.15) is 11.5 Å². The predicted molar refractivity (Wildman–Crippen MR) is 85.9 cm³/mol. The van der Waals surface area contributed by atoms with Gasteiger partial charge in [0.15, 0.2) is 0 Å². The summed E-state index contributed by atoms with van der Waals surface area (Å²) in [5, 5.41) is 3.33. The van der Waals surface area contributed by atoms with E-state index in [1.54, 1.807) is 14.2 Å². The second kappa shape index (κ2) is 7.25. The minimum atomic E-state index is -0.102. The first-order valence-corrected chi connectivity index (χ1v) is 6.75. The van der Waals surface area contributed by atoms with Gasteiger partial charge in [-0.05, 0) is 29.8 Å². The maximum Gasteiger partial charge on any atom is 0.141 e. The van der Waals surface area contributed by atoms with Crippen molar-refractivity contribution in [3.05, 3.63) is 54.1 Å². The van der Waals surface area contributed by atoms with Crippen LogP contribution < -0.4 is 14.8 Å². The minimum absolute atomic E-state index is 0.102. The molecule has 0 amide bonds. The number of hydrogen-bond acceptors (Lipinski definition) is 3. The van der Waals surface area contributed by atoms with Gasteiger partial charge in [0, 0.05) is 6.42 Å². The lowest BCUT2D eigenvalue weighted by Crippen LogP contribution is -2.20. The molecule has 0 saturated carbocycles. The summed E-state index contributed by atoms with van der Waals surface area (Å²) in [7, 11) is 3.30. The van der Waals surface area contributed by atoms with Gasteiger partial charge in [-0.15, -0.1) is 6.42 Å². The third kappa shape index (κ3) is 3.93. The van der Waals surface area contributed by atoms with Gasteiger partial charge in [-0.3, -0.25) is 0 Å². The largest absolute Gasteiger partial charge is 0.497 e. The van der Waals surface area contributed by atoms with Crippen molar-refractivity contribution in [3.63, 3.8) is 0 Å². The molecule has 0 heterocycles. The van der Waals surface area contributed by atoms with Crippen molar-refractivity contribution in [2.75, 3.05) is 19.5 Å². The molecule has 0 fully saturated rings. The first-order chi connectivity index (χ1) is 10.3. The molecule has 0 aliphatic rings. The number of hydrogen-bond donors (Lipinski definition) is 1. The molecule has 0 spiro atoms. The maximum atomic E-state index is 5.64. The normalized spacial score (nSPS) is 11.3. The van der Waals surface area contributed by atoms with E-state index in [4.69, 9.17) is 15.9 Å². The van der Waals surface area contributed by atoms with E-state index in [-0.39, 0.29) is 6.04 Å². The van der Waals surface area contributed by atoms with E-state index in [1.807, 2.05) is 48.5 Å². The van der Waals surface area contributed by atoms with Gasteiger partial charge in [0.25, 0.3) is 0 Å². The van der Waals surface area contributed by atoms with Crippen LogP contribution in [0, 0.1) is 12.3 Å². The van der Waals surface area contributed by atoms with E-state index in [1.165, 1.54) is 0 Å². The molecule has 0 aliphatic heterocycles. The van der Waals surface area contributed by atoms with Crippen molar-refractivity contribution in [2.24, 2.45) is 0 Å². The first kappa shape index (κ1) is 14.8. The van der Waals surface area contributed by atoms with Gasteiger partial charge < -0.3 is 14.8 Å². The number of rotatable bonds is 6. The van der Waals surface area contributed by atoms with Gasteiger partial charge in [-0.25, -0.2) is 0 Å². The fourth-order valence-electron chi connectivity index (χ4n) is 2.10. The lowest BCUT2D eigenvalue weighted by atomic mass is 10.1. The molecule has 0 bridgehead atoms. The standard InChI is InChI=1S/C18H19NO2/c1-4-15(13-14-9-11-16(20-2)12-10-14)19-17-7-5-6-8-18(17)21-3/h1,5-12,15,19H,13H2,2-3H3/t15-/m1/s1. The molecule has 3 heteroatoms. The van der Waals surface area contributed by atoms with Crippen LogP contribution in [0.4, 0.5) is 5.69 Å². The van der Waals surface area contributed by atoms with E-state index in [0.717, 1.165) is 29.2 Å². The number of ether oxygens (including phenoxy) is 2. The Morgan fingerprint density at radius 2 is 1.76 bits per heavy atom. The van der Waals surface area contributed by atoms with Crippen molar-refractivity contribution in [3.8, 4) is 23.8 Å². The quantitative estimate of drug-likeness (QED) is 0.824. The van der Waals surface area contributed by atoms with Gasteiger partial charge in [0.2, 0.25) is 0 Å². The maximum absolute atomic E-state index is 5.64. The third-order valence-corrected chi connectivity index (χ3v) is 3.24. The minimum Gasteiger partial charge on any atom is -0.497 e. The number of para-hydroxylation sites is 2. The SMILES string of the molecule is C#C[C@H](Cc1ccc(OC)cc1)Nc1ccccc1OC. The summed E-state index contributed by atoms with van der Waals surface area (Å²) in [6, 6.07) is 15.6. The molecular weight excluding hydrogens is 262 g/mol. The summed E-state index contributed by atoms with van der Waals surface area (Å²) >= 11 is 0. The lowest BCUT2D eigenvalue weighted by Gasteiger charge is -2.17. The fraction of sp³-hybridized carbons (Fsp3) is 0.222. The molecule has 2 aromatic carbocycles. The topological polar surface area (TPSA) is 30.5 Å². The molecule has 1 N–H and O–H groups in total. The Morgan fingerprint density at radius 3 is 2.38 bits per heavy atom. The molecule has 0 aromatic heterocycles. The summed E-state index contributed by atoms with van der Waals surface area (Å²) in [5.74, 6) is 4.41. The van der Waals surface area contributed by atoms with Crippen LogP contribution in [0.5, 0.6) is 11.5 Å². The molecule has 2 rings (SSSR count). The summed E-state index contributed by atoms with van der Waals surface area (Å²) < 4.78 is 10.5. The van der Waals surface area contributed by atoms with E-state index in [9.17, 15) is 0 Å². The third-order valence-electron chi connectivity index (χ3n) is 3.24. The van der Waals surface area contributed by atoms with Gasteiger partial charge >= 0.3 is 0 Å². The average Bonchev–Trinajstić information content (AvgIpc) is 2.55. The fourth-order valence-corrected chi connectivity index (χ4v) is 2.10. The molecule has 1 atom stereocenters. The van der Waals surface area contributed by atoms with E-state index in [0.29, 0.717) is 0 Å². The summed E-state index contributed by atoms with van der Waals surface area (Å²) in [5.41, 5.74) is 2.05. The van der Waals surface area contributed by atoms with Gasteiger partial charge in [0.05, 0.1) is 25.9 Å². The highest BCUT2D eigenvalue weighted by Crippen LogP contribution is 2.24. The van der Waals surface area contributed by atoms with Gasteiger partial charge in [-0.2, -0.15) is 0 Å². The lowest BCUT2D eigenvalue weighted by molar-refractivity contribution is 0.414. The highest BCUT2D eigenvalue weighted by atomic mass is 16.5. The zero-order valence-corrected chi connectivity index (χ0v) is 12.3. The van der Waals surface area contributed by atoms with Crippen molar-refractivity contribution in [1.82, 2.24) is 0 Å². The number of methoxy groups -OCH3 is 2. The number of benzene rings is 2. The average molecular weight is 281 g/mol. The van der Waals surface area contributed by atoms with Crippen LogP contribution >= 0.6 is 0 Å². The zero-order chi connectivity index (χ0) is 15.1. The molecule has 0 aliphatic carbocycles. The summed E-state index contributed by atoms with van der Waals surface area (Å²) in [6.45, 7) is 0. The van der Waals surface area contributed by atoms with Crippen LogP contribution in [-0.4, -0.2) is 20.3 Å². The van der Waals surface area contributed by atoms with Crippen molar-refractivity contribution >= 4 is 5.69 Å². The number of nitrogens with one attached hydrogen (secondary N) is 1. The molecular formula is C18H19NO2. The molecule has 0 unspecified atom stereocenters. The Balaban J connectivity index is 2.07. The predicted octanol–water partition coefficient (Wildman–Crippen LogP) is 3.36. The van der Waals surface area contributed by atoms with Crippen LogP contribution in [0.25, 0.3) is 0 Å².